The van der Waals surface area contributed by atoms with Crippen LogP contribution < -0.4 is 15.0 Å². The molecule has 0 saturated carbocycles. The molecule has 4 nitrogen and oxygen atoms in total. The van der Waals surface area contributed by atoms with Crippen LogP contribution in [0.4, 0.5) is 11.4 Å². The summed E-state index contributed by atoms with van der Waals surface area (Å²) in [5.41, 5.74) is 12.9. The van der Waals surface area contributed by atoms with E-state index in [0.717, 1.165) is 23.1 Å². The Kier molecular flexibility index (Phi) is 5.46. The fraction of sp³-hybridized carbons (Fsp3) is 0.0889. The lowest BCUT2D eigenvalue weighted by Crippen LogP contribution is -2.48. The molecule has 0 amide bonds. The van der Waals surface area contributed by atoms with Crippen LogP contribution in [0.3, 0.4) is 0 Å². The molecule has 5 aliphatic rings. The monoisotopic (exact) mass is 629 g/mol. The fourth-order valence-electron chi connectivity index (χ4n) is 9.21. The second-order valence-corrected chi connectivity index (χ2v) is 13.5. The number of para-hydroxylation sites is 3. The lowest BCUT2D eigenvalue weighted by Gasteiger charge is -2.39. The third-order valence-electron chi connectivity index (χ3n) is 11.1. The van der Waals surface area contributed by atoms with Crippen molar-refractivity contribution in [3.05, 3.63) is 203 Å². The summed E-state index contributed by atoms with van der Waals surface area (Å²) < 4.78 is 6.61. The second-order valence-electron chi connectivity index (χ2n) is 13.5. The molecule has 0 bridgehead atoms. The first-order valence-electron chi connectivity index (χ1n) is 17.1. The summed E-state index contributed by atoms with van der Waals surface area (Å²) in [7, 11) is 0. The van der Waals surface area contributed by atoms with Crippen LogP contribution in [0.5, 0.6) is 11.5 Å². The highest BCUT2D eigenvalue weighted by Gasteiger charge is 2.54. The van der Waals surface area contributed by atoms with Crippen LogP contribution in [0, 0.1) is 0 Å². The van der Waals surface area contributed by atoms with Crippen molar-refractivity contribution in [1.82, 2.24) is 5.32 Å². The quantitative estimate of drug-likeness (QED) is 0.196. The van der Waals surface area contributed by atoms with Crippen molar-refractivity contribution in [3.63, 3.8) is 0 Å². The van der Waals surface area contributed by atoms with Gasteiger partial charge in [-0.15, -0.1) is 0 Å². The van der Waals surface area contributed by atoms with Gasteiger partial charge in [-0.05, 0) is 46.0 Å². The highest BCUT2D eigenvalue weighted by atomic mass is 16.5. The maximum Gasteiger partial charge on any atom is 0.205 e. The number of rotatable bonds is 1. The molecular formula is C45H31N3O. The van der Waals surface area contributed by atoms with Crippen LogP contribution in [-0.2, 0) is 5.41 Å². The Morgan fingerprint density at radius 2 is 1.27 bits per heavy atom. The van der Waals surface area contributed by atoms with Crippen molar-refractivity contribution in [2.24, 2.45) is 4.99 Å². The Bertz CT molecular complexity index is 2390. The molecule has 1 spiro atoms. The van der Waals surface area contributed by atoms with Crippen molar-refractivity contribution >= 4 is 17.3 Å². The number of nitrogens with zero attached hydrogens (tertiary/aromatic N) is 2. The molecule has 2 aliphatic carbocycles. The maximum atomic E-state index is 6.61. The Balaban J connectivity index is 1.21. The zero-order chi connectivity index (χ0) is 32.1. The van der Waals surface area contributed by atoms with E-state index in [2.05, 4.69) is 174 Å². The van der Waals surface area contributed by atoms with Gasteiger partial charge in [-0.2, -0.15) is 0 Å². The molecule has 49 heavy (non-hydrogen) atoms. The van der Waals surface area contributed by atoms with Crippen LogP contribution >= 0.6 is 0 Å². The van der Waals surface area contributed by atoms with Gasteiger partial charge in [0.1, 0.15) is 11.5 Å². The number of hydrogen-bond acceptors (Lipinski definition) is 4. The lowest BCUT2D eigenvalue weighted by molar-refractivity contribution is 0.436. The summed E-state index contributed by atoms with van der Waals surface area (Å²) in [6, 6.07) is 50.3. The van der Waals surface area contributed by atoms with Gasteiger partial charge >= 0.3 is 0 Å². The van der Waals surface area contributed by atoms with Crippen molar-refractivity contribution in [3.8, 4) is 22.6 Å². The normalized spacial score (nSPS) is 20.9. The van der Waals surface area contributed by atoms with E-state index in [1.165, 1.54) is 55.8 Å². The van der Waals surface area contributed by atoms with E-state index in [1.807, 2.05) is 0 Å². The number of aliphatic imine (C=N–C) groups is 1. The minimum atomic E-state index is -0.529. The highest BCUT2D eigenvalue weighted by molar-refractivity contribution is 6.09. The van der Waals surface area contributed by atoms with Gasteiger partial charge in [-0.1, -0.05) is 146 Å². The van der Waals surface area contributed by atoms with Crippen LogP contribution in [0.15, 0.2) is 169 Å². The van der Waals surface area contributed by atoms with E-state index in [0.29, 0.717) is 0 Å². The Labute approximate surface area is 285 Å². The van der Waals surface area contributed by atoms with Gasteiger partial charge in [0, 0.05) is 28.2 Å². The molecule has 232 valence electrons. The van der Waals surface area contributed by atoms with E-state index in [4.69, 9.17) is 9.73 Å². The molecule has 0 aromatic heterocycles. The molecule has 0 saturated heterocycles. The van der Waals surface area contributed by atoms with Gasteiger partial charge < -0.3 is 15.0 Å². The average molecular weight is 630 g/mol. The molecule has 0 fully saturated rings. The first-order chi connectivity index (χ1) is 24.3. The summed E-state index contributed by atoms with van der Waals surface area (Å²) in [4.78, 5) is 7.90. The van der Waals surface area contributed by atoms with Gasteiger partial charge in [0.25, 0.3) is 0 Å². The number of anilines is 1. The first-order valence-corrected chi connectivity index (χ1v) is 17.1. The zero-order valence-corrected chi connectivity index (χ0v) is 26.6. The van der Waals surface area contributed by atoms with Crippen LogP contribution in [-0.4, -0.2) is 12.0 Å². The predicted octanol–water partition coefficient (Wildman–Crippen LogP) is 9.93. The van der Waals surface area contributed by atoms with E-state index in [-0.39, 0.29) is 18.0 Å². The molecule has 3 aliphatic heterocycles. The summed E-state index contributed by atoms with van der Waals surface area (Å²) in [6.07, 6.45) is 9.08. The van der Waals surface area contributed by atoms with Gasteiger partial charge in [0.15, 0.2) is 0 Å². The summed E-state index contributed by atoms with van der Waals surface area (Å²) in [5, 5.41) is 3.96. The molecule has 0 radical (unpaired) electrons. The first kappa shape index (κ1) is 26.9. The van der Waals surface area contributed by atoms with Crippen LogP contribution in [0.2, 0.25) is 0 Å². The number of allylic oxidation sites excluding steroid dienone is 2. The van der Waals surface area contributed by atoms with Gasteiger partial charge in [0.2, 0.25) is 5.96 Å². The summed E-state index contributed by atoms with van der Waals surface area (Å²) >= 11 is 0. The molecule has 3 unspecified atom stereocenters. The topological polar surface area (TPSA) is 36.9 Å². The number of benzene rings is 6. The average Bonchev–Trinajstić information content (AvgIpc) is 3.66. The molecule has 3 atom stereocenters. The Hall–Kier alpha value is -6.13. The molecule has 4 heteroatoms. The number of fused-ring (bicyclic) bond motifs is 14. The molecular weight excluding hydrogens is 599 g/mol. The Morgan fingerprint density at radius 3 is 2.08 bits per heavy atom. The van der Waals surface area contributed by atoms with E-state index in [1.54, 1.807) is 0 Å². The summed E-state index contributed by atoms with van der Waals surface area (Å²) in [5.74, 6) is 2.88. The fourth-order valence-corrected chi connectivity index (χ4v) is 9.21. The van der Waals surface area contributed by atoms with Crippen molar-refractivity contribution in [2.45, 2.75) is 23.4 Å². The highest BCUT2D eigenvalue weighted by Crippen LogP contribution is 2.65. The number of hydrogen-bond donors (Lipinski definition) is 1. The predicted molar refractivity (Wildman–Crippen MR) is 196 cm³/mol. The van der Waals surface area contributed by atoms with Gasteiger partial charge in [-0.25, -0.2) is 4.99 Å². The summed E-state index contributed by atoms with van der Waals surface area (Å²) in [6.45, 7) is 0. The number of ether oxygens (including phenoxy) is 1. The number of nitrogens with one attached hydrogen (secondary N) is 1. The largest absolute Gasteiger partial charge is 0.457 e. The smallest absolute Gasteiger partial charge is 0.205 e. The minimum absolute atomic E-state index is 0.0276. The molecule has 1 N–H and O–H groups in total. The van der Waals surface area contributed by atoms with Crippen molar-refractivity contribution in [2.75, 3.05) is 4.90 Å². The van der Waals surface area contributed by atoms with Gasteiger partial charge in [-0.3, -0.25) is 0 Å². The minimum Gasteiger partial charge on any atom is -0.457 e. The lowest BCUT2D eigenvalue weighted by atomic mass is 9.66. The van der Waals surface area contributed by atoms with Crippen molar-refractivity contribution < 1.29 is 4.74 Å². The molecule has 11 rings (SSSR count). The maximum absolute atomic E-state index is 6.61. The molecule has 6 aromatic carbocycles. The van der Waals surface area contributed by atoms with Crippen molar-refractivity contribution in [1.29, 1.82) is 0 Å². The third kappa shape index (κ3) is 3.50. The van der Waals surface area contributed by atoms with Crippen LogP contribution in [0.25, 0.3) is 11.1 Å². The van der Waals surface area contributed by atoms with E-state index >= 15 is 0 Å². The SMILES string of the molecule is C1=CC2c3ccc4c(c3N(C3=Nc5ccccc5C(c5ccccc5)N3)C2C=C1)-c1ccccc1C41c2ccccc2Oc2ccccc21. The van der Waals surface area contributed by atoms with E-state index < -0.39 is 5.41 Å². The zero-order valence-electron chi connectivity index (χ0n) is 26.6. The second kappa shape index (κ2) is 9.94. The van der Waals surface area contributed by atoms with Gasteiger partial charge in [0.05, 0.1) is 28.9 Å². The standard InChI is InChI=1S/C45H31N3O/c1-2-14-28(15-3-1)42-32-18-5-10-22-37(32)46-44(47-42)48-38-23-11-6-16-29(38)30-26-27-36-41(43(30)48)31-17-4-7-19-33(31)45(36)34-20-8-12-24-39(34)49-40-25-13-9-21-35(40)45/h1-27,29,38,42H,(H,46,47). The van der Waals surface area contributed by atoms with E-state index in [9.17, 15) is 0 Å². The van der Waals surface area contributed by atoms with Crippen LogP contribution in [0.1, 0.15) is 50.9 Å². The number of guanidine groups is 1. The molecule has 3 heterocycles. The Morgan fingerprint density at radius 1 is 0.592 bits per heavy atom. The third-order valence-corrected chi connectivity index (χ3v) is 11.1. The molecule has 6 aromatic rings.